The van der Waals surface area contributed by atoms with Gasteiger partial charge in [-0.1, -0.05) is 46.4 Å². The zero-order valence-electron chi connectivity index (χ0n) is 12.8. The van der Waals surface area contributed by atoms with Gasteiger partial charge in [-0.25, -0.2) is 4.79 Å². The number of alkyl halides is 3. The predicted molar refractivity (Wildman–Crippen MR) is 95.1 cm³/mol. The third-order valence-electron chi connectivity index (χ3n) is 3.32. The SMILES string of the molecule is O=C(Nc1cc(Cl)ccc1Cl)NC1(C(F)(F)F)Oc2cc(Cl)c(Cl)cc2O1. The summed E-state index contributed by atoms with van der Waals surface area (Å²) in [6.45, 7) is 0. The fourth-order valence-corrected chi connectivity index (χ4v) is 2.78. The number of amides is 2. The third kappa shape index (κ3) is 3.94. The molecular weight excluding hydrogens is 455 g/mol. The molecule has 2 aromatic carbocycles. The lowest BCUT2D eigenvalue weighted by molar-refractivity contribution is -0.317. The predicted octanol–water partition coefficient (Wildman–Crippen LogP) is 6.11. The zero-order chi connectivity index (χ0) is 20.0. The molecular formula is C15H7Cl4F3N2O3. The molecule has 0 spiro atoms. The van der Waals surface area contributed by atoms with Crippen LogP contribution >= 0.6 is 46.4 Å². The summed E-state index contributed by atoms with van der Waals surface area (Å²) < 4.78 is 50.5. The Kier molecular flexibility index (Phi) is 5.20. The van der Waals surface area contributed by atoms with Crippen molar-refractivity contribution in [2.24, 2.45) is 0 Å². The maximum Gasteiger partial charge on any atom is 0.492 e. The molecule has 1 aliphatic rings. The maximum absolute atomic E-state index is 13.6. The van der Waals surface area contributed by atoms with Crippen molar-refractivity contribution in [2.75, 3.05) is 5.32 Å². The number of carbonyl (C=O) groups excluding carboxylic acids is 1. The van der Waals surface area contributed by atoms with Gasteiger partial charge in [0, 0.05) is 17.2 Å². The maximum atomic E-state index is 13.6. The van der Waals surface area contributed by atoms with Crippen LogP contribution in [0.2, 0.25) is 20.1 Å². The van der Waals surface area contributed by atoms with Crippen LogP contribution in [0.25, 0.3) is 0 Å². The van der Waals surface area contributed by atoms with E-state index in [-0.39, 0.29) is 37.3 Å². The summed E-state index contributed by atoms with van der Waals surface area (Å²) in [5, 5.41) is 3.93. The van der Waals surface area contributed by atoms with Crippen molar-refractivity contribution in [3.8, 4) is 11.5 Å². The number of carbonyl (C=O) groups is 1. The van der Waals surface area contributed by atoms with Gasteiger partial charge in [0.2, 0.25) is 0 Å². The molecule has 27 heavy (non-hydrogen) atoms. The number of anilines is 1. The van der Waals surface area contributed by atoms with Crippen LogP contribution in [0.4, 0.5) is 23.7 Å². The number of halogens is 7. The molecule has 2 N–H and O–H groups in total. The van der Waals surface area contributed by atoms with E-state index >= 15 is 0 Å². The summed E-state index contributed by atoms with van der Waals surface area (Å²) in [6.07, 6.45) is -5.15. The Hall–Kier alpha value is -1.74. The van der Waals surface area contributed by atoms with E-state index in [4.69, 9.17) is 55.9 Å². The van der Waals surface area contributed by atoms with Crippen LogP contribution in [0.15, 0.2) is 30.3 Å². The molecule has 0 atom stereocenters. The Morgan fingerprint density at radius 2 is 1.48 bits per heavy atom. The quantitative estimate of drug-likeness (QED) is 0.567. The topological polar surface area (TPSA) is 59.6 Å². The highest BCUT2D eigenvalue weighted by Crippen LogP contribution is 2.48. The Morgan fingerprint density at radius 1 is 0.926 bits per heavy atom. The smallest absolute Gasteiger partial charge is 0.424 e. The van der Waals surface area contributed by atoms with E-state index in [1.165, 1.54) is 18.2 Å². The van der Waals surface area contributed by atoms with Gasteiger partial charge in [0.1, 0.15) is 0 Å². The van der Waals surface area contributed by atoms with E-state index in [1.54, 1.807) is 5.32 Å². The molecule has 1 aliphatic heterocycles. The average Bonchev–Trinajstić information content (AvgIpc) is 2.89. The minimum Gasteiger partial charge on any atom is -0.424 e. The fraction of sp³-hybridized carbons (Fsp3) is 0.133. The fourth-order valence-electron chi connectivity index (χ4n) is 2.13. The zero-order valence-corrected chi connectivity index (χ0v) is 15.8. The van der Waals surface area contributed by atoms with Crippen LogP contribution in [-0.4, -0.2) is 18.1 Å². The second-order valence-corrected chi connectivity index (χ2v) is 6.89. The van der Waals surface area contributed by atoms with Crippen LogP contribution in [0.3, 0.4) is 0 Å². The van der Waals surface area contributed by atoms with Crippen LogP contribution < -0.4 is 20.1 Å². The second-order valence-electron chi connectivity index (χ2n) is 5.23. The largest absolute Gasteiger partial charge is 0.492 e. The van der Waals surface area contributed by atoms with Gasteiger partial charge < -0.3 is 14.8 Å². The van der Waals surface area contributed by atoms with Crippen molar-refractivity contribution in [3.05, 3.63) is 50.4 Å². The van der Waals surface area contributed by atoms with Crippen molar-refractivity contribution in [1.29, 1.82) is 0 Å². The number of rotatable bonds is 2. The number of benzene rings is 2. The highest BCUT2D eigenvalue weighted by Gasteiger charge is 2.66. The van der Waals surface area contributed by atoms with E-state index in [0.29, 0.717) is 0 Å². The van der Waals surface area contributed by atoms with Crippen LogP contribution in [-0.2, 0) is 0 Å². The van der Waals surface area contributed by atoms with Crippen molar-refractivity contribution >= 4 is 58.1 Å². The number of fused-ring (bicyclic) bond motifs is 1. The van der Waals surface area contributed by atoms with Gasteiger partial charge in [0.15, 0.2) is 11.5 Å². The van der Waals surface area contributed by atoms with E-state index in [0.717, 1.165) is 12.1 Å². The molecule has 0 saturated heterocycles. The van der Waals surface area contributed by atoms with Crippen molar-refractivity contribution in [1.82, 2.24) is 5.32 Å². The Morgan fingerprint density at radius 3 is 2.00 bits per heavy atom. The van der Waals surface area contributed by atoms with Crippen LogP contribution in [0, 0.1) is 0 Å². The highest BCUT2D eigenvalue weighted by atomic mass is 35.5. The Balaban J connectivity index is 1.87. The van der Waals surface area contributed by atoms with Gasteiger partial charge in [-0.05, 0) is 18.2 Å². The van der Waals surface area contributed by atoms with Crippen LogP contribution in [0.1, 0.15) is 0 Å². The molecule has 5 nitrogen and oxygen atoms in total. The van der Waals surface area contributed by atoms with Gasteiger partial charge in [-0.2, -0.15) is 13.2 Å². The standard InChI is InChI=1S/C15H7Cl4F3N2O3/c16-6-1-2-7(17)10(3-6)23-13(25)24-15(14(20,21)22)26-11-4-8(18)9(19)5-12(11)27-15/h1-5H,(H2,23,24,25). The molecule has 2 aromatic rings. The summed E-state index contributed by atoms with van der Waals surface area (Å²) in [7, 11) is 0. The molecule has 12 heteroatoms. The molecule has 0 bridgehead atoms. The van der Waals surface area contributed by atoms with Crippen molar-refractivity contribution in [3.63, 3.8) is 0 Å². The first-order chi connectivity index (χ1) is 12.5. The molecule has 3 rings (SSSR count). The minimum atomic E-state index is -5.15. The molecule has 1 heterocycles. The van der Waals surface area contributed by atoms with Gasteiger partial charge in [0.05, 0.1) is 20.8 Å². The summed E-state index contributed by atoms with van der Waals surface area (Å²) in [4.78, 5) is 12.1. The molecule has 0 fully saturated rings. The molecule has 0 saturated carbocycles. The van der Waals surface area contributed by atoms with E-state index in [2.05, 4.69) is 5.32 Å². The molecule has 0 radical (unpaired) electrons. The first kappa shape index (κ1) is 20.0. The first-order valence-electron chi connectivity index (χ1n) is 6.99. The number of hydrogen-bond donors (Lipinski definition) is 2. The second kappa shape index (κ2) is 7.01. The van der Waals surface area contributed by atoms with Crippen molar-refractivity contribution < 1.29 is 27.4 Å². The number of hydrogen-bond acceptors (Lipinski definition) is 3. The highest BCUT2D eigenvalue weighted by molar-refractivity contribution is 6.42. The Bertz CT molecular complexity index is 893. The first-order valence-corrected chi connectivity index (χ1v) is 8.50. The summed E-state index contributed by atoms with van der Waals surface area (Å²) in [5.41, 5.74) is -0.0133. The minimum absolute atomic E-state index is 0.0133. The van der Waals surface area contributed by atoms with E-state index < -0.39 is 18.1 Å². The van der Waals surface area contributed by atoms with Crippen LogP contribution in [0.5, 0.6) is 11.5 Å². The van der Waals surface area contributed by atoms with Gasteiger partial charge in [-0.3, -0.25) is 5.32 Å². The Labute approximate surface area is 170 Å². The lowest BCUT2D eigenvalue weighted by Gasteiger charge is -2.29. The average molecular weight is 462 g/mol. The molecule has 2 amide bonds. The van der Waals surface area contributed by atoms with Gasteiger partial charge in [-0.15, -0.1) is 0 Å². The lowest BCUT2D eigenvalue weighted by atomic mass is 10.3. The normalized spacial score (nSPS) is 14.8. The van der Waals surface area contributed by atoms with E-state index in [9.17, 15) is 18.0 Å². The number of nitrogens with one attached hydrogen (secondary N) is 2. The summed E-state index contributed by atoms with van der Waals surface area (Å²) >= 11 is 23.2. The van der Waals surface area contributed by atoms with Gasteiger partial charge in [0.25, 0.3) is 0 Å². The monoisotopic (exact) mass is 460 g/mol. The summed E-state index contributed by atoms with van der Waals surface area (Å²) in [5.74, 6) is -4.18. The number of ether oxygens (including phenoxy) is 2. The lowest BCUT2D eigenvalue weighted by Crippen LogP contribution is -2.65. The molecule has 0 aliphatic carbocycles. The summed E-state index contributed by atoms with van der Waals surface area (Å²) in [6, 6.07) is 4.84. The number of urea groups is 1. The van der Waals surface area contributed by atoms with Crippen molar-refractivity contribution in [2.45, 2.75) is 12.1 Å². The molecule has 0 unspecified atom stereocenters. The van der Waals surface area contributed by atoms with Gasteiger partial charge >= 0.3 is 18.1 Å². The molecule has 144 valence electrons. The third-order valence-corrected chi connectivity index (χ3v) is 4.61. The molecule has 0 aromatic heterocycles. The van der Waals surface area contributed by atoms with E-state index in [1.807, 2.05) is 0 Å².